The van der Waals surface area contributed by atoms with Crippen molar-refractivity contribution < 1.29 is 5.11 Å². The van der Waals surface area contributed by atoms with Crippen LogP contribution in [0.2, 0.25) is 0 Å². The highest BCUT2D eigenvalue weighted by Gasteiger charge is 2.31. The summed E-state index contributed by atoms with van der Waals surface area (Å²) in [7, 11) is 0. The number of β-amino-alcohol motifs (C(OH)–C–C–N with tert-alkyl or cyclic N) is 1. The normalized spacial score (nSPS) is 23.6. The maximum absolute atomic E-state index is 10.1. The molecule has 3 heteroatoms. The van der Waals surface area contributed by atoms with Crippen LogP contribution in [0.3, 0.4) is 0 Å². The van der Waals surface area contributed by atoms with E-state index in [1.165, 1.54) is 11.3 Å². The highest BCUT2D eigenvalue weighted by atomic mass is 16.3. The van der Waals surface area contributed by atoms with E-state index in [4.69, 9.17) is 0 Å². The summed E-state index contributed by atoms with van der Waals surface area (Å²) in [4.78, 5) is 2.29. The molecule has 1 atom stereocenters. The van der Waals surface area contributed by atoms with Crippen LogP contribution < -0.4 is 10.2 Å². The number of nitrogens with one attached hydrogen (secondary N) is 1. The number of hydrogen-bond donors (Lipinski definition) is 2. The second-order valence-corrected chi connectivity index (χ2v) is 5.47. The van der Waals surface area contributed by atoms with E-state index >= 15 is 0 Å². The zero-order chi connectivity index (χ0) is 13.0. The zero-order valence-electron chi connectivity index (χ0n) is 11.4. The van der Waals surface area contributed by atoms with Crippen LogP contribution in [-0.2, 0) is 6.54 Å². The number of benzene rings is 1. The van der Waals surface area contributed by atoms with Gasteiger partial charge in [-0.1, -0.05) is 25.1 Å². The Morgan fingerprint density at radius 1 is 1.39 bits per heavy atom. The molecule has 0 aliphatic carbocycles. The molecule has 1 heterocycles. The third kappa shape index (κ3) is 3.24. The number of nitrogens with zero attached hydrogens (tertiary/aromatic N) is 1. The van der Waals surface area contributed by atoms with Crippen LogP contribution in [0.4, 0.5) is 5.69 Å². The number of anilines is 1. The third-order valence-electron chi connectivity index (χ3n) is 3.53. The highest BCUT2D eigenvalue weighted by molar-refractivity contribution is 5.54. The van der Waals surface area contributed by atoms with E-state index in [-0.39, 0.29) is 0 Å². The Morgan fingerprint density at radius 2 is 2.17 bits per heavy atom. The molecule has 1 aliphatic heterocycles. The van der Waals surface area contributed by atoms with E-state index in [0.29, 0.717) is 0 Å². The van der Waals surface area contributed by atoms with Gasteiger partial charge in [0.05, 0.1) is 5.60 Å². The van der Waals surface area contributed by atoms with Gasteiger partial charge in [-0.25, -0.2) is 0 Å². The van der Waals surface area contributed by atoms with Crippen molar-refractivity contribution in [1.29, 1.82) is 0 Å². The lowest BCUT2D eigenvalue weighted by atomic mass is 10.1. The molecule has 2 N–H and O–H groups in total. The lowest BCUT2D eigenvalue weighted by Crippen LogP contribution is -2.30. The van der Waals surface area contributed by atoms with Crippen molar-refractivity contribution >= 4 is 5.69 Å². The topological polar surface area (TPSA) is 35.5 Å². The molecule has 2 rings (SSSR count). The van der Waals surface area contributed by atoms with Gasteiger partial charge in [0.15, 0.2) is 0 Å². The first-order chi connectivity index (χ1) is 8.62. The summed E-state index contributed by atoms with van der Waals surface area (Å²) in [6.07, 6.45) is 2.00. The van der Waals surface area contributed by atoms with E-state index in [2.05, 4.69) is 41.4 Å². The molecule has 1 unspecified atom stereocenters. The molecule has 1 aliphatic rings. The van der Waals surface area contributed by atoms with Crippen molar-refractivity contribution in [2.75, 3.05) is 24.5 Å². The fraction of sp³-hybridized carbons (Fsp3) is 0.600. The van der Waals surface area contributed by atoms with Gasteiger partial charge in [0.25, 0.3) is 0 Å². The zero-order valence-corrected chi connectivity index (χ0v) is 11.4. The van der Waals surface area contributed by atoms with Crippen molar-refractivity contribution in [3.63, 3.8) is 0 Å². The molecular formula is C15H24N2O. The van der Waals surface area contributed by atoms with E-state index in [0.717, 1.165) is 39.0 Å². The van der Waals surface area contributed by atoms with Crippen LogP contribution in [0.5, 0.6) is 0 Å². The van der Waals surface area contributed by atoms with Crippen molar-refractivity contribution in [2.24, 2.45) is 0 Å². The molecule has 0 bridgehead atoms. The predicted octanol–water partition coefficient (Wildman–Crippen LogP) is 2.15. The Bertz CT molecular complexity index is 390. The van der Waals surface area contributed by atoms with Crippen LogP contribution in [-0.4, -0.2) is 30.3 Å². The minimum absolute atomic E-state index is 0.538. The second-order valence-electron chi connectivity index (χ2n) is 5.47. The van der Waals surface area contributed by atoms with E-state index in [1.807, 2.05) is 6.92 Å². The molecule has 0 saturated carbocycles. The first-order valence-electron chi connectivity index (χ1n) is 6.88. The third-order valence-corrected chi connectivity index (χ3v) is 3.53. The molecule has 1 fully saturated rings. The number of hydrogen-bond acceptors (Lipinski definition) is 3. The Morgan fingerprint density at radius 3 is 2.83 bits per heavy atom. The van der Waals surface area contributed by atoms with Gasteiger partial charge in [0.1, 0.15) is 0 Å². The summed E-state index contributed by atoms with van der Waals surface area (Å²) >= 11 is 0. The summed E-state index contributed by atoms with van der Waals surface area (Å²) in [6, 6.07) is 8.49. The minimum atomic E-state index is -0.538. The molecule has 0 aromatic heterocycles. The smallest absolute Gasteiger partial charge is 0.0810 e. The Kier molecular flexibility index (Phi) is 4.25. The fourth-order valence-corrected chi connectivity index (χ4v) is 2.52. The van der Waals surface area contributed by atoms with Gasteiger partial charge in [-0.15, -0.1) is 0 Å². The first-order valence-corrected chi connectivity index (χ1v) is 6.88. The van der Waals surface area contributed by atoms with Crippen molar-refractivity contribution in [3.05, 3.63) is 29.8 Å². The molecular weight excluding hydrogens is 224 g/mol. The number of rotatable bonds is 5. The Labute approximate surface area is 110 Å². The number of para-hydroxylation sites is 1. The average Bonchev–Trinajstić information content (AvgIpc) is 2.71. The lowest BCUT2D eigenvalue weighted by molar-refractivity contribution is 0.0839. The monoisotopic (exact) mass is 248 g/mol. The maximum atomic E-state index is 10.1. The molecule has 1 saturated heterocycles. The largest absolute Gasteiger partial charge is 0.388 e. The Hall–Kier alpha value is -1.06. The molecule has 0 amide bonds. The Balaban J connectivity index is 2.08. The molecule has 100 valence electrons. The van der Waals surface area contributed by atoms with Gasteiger partial charge in [-0.05, 0) is 37.9 Å². The van der Waals surface area contributed by atoms with E-state index < -0.39 is 5.60 Å². The minimum Gasteiger partial charge on any atom is -0.388 e. The van der Waals surface area contributed by atoms with Crippen molar-refractivity contribution in [1.82, 2.24) is 5.32 Å². The summed E-state index contributed by atoms with van der Waals surface area (Å²) < 4.78 is 0. The van der Waals surface area contributed by atoms with Gasteiger partial charge >= 0.3 is 0 Å². The molecule has 1 aromatic carbocycles. The predicted molar refractivity (Wildman–Crippen MR) is 75.9 cm³/mol. The summed E-state index contributed by atoms with van der Waals surface area (Å²) in [5, 5.41) is 13.5. The van der Waals surface area contributed by atoms with Crippen LogP contribution in [0, 0.1) is 0 Å². The lowest BCUT2D eigenvalue weighted by Gasteiger charge is -2.23. The van der Waals surface area contributed by atoms with Crippen LogP contribution in [0.25, 0.3) is 0 Å². The summed E-state index contributed by atoms with van der Waals surface area (Å²) in [6.45, 7) is 7.73. The van der Waals surface area contributed by atoms with Crippen molar-refractivity contribution in [3.8, 4) is 0 Å². The summed E-state index contributed by atoms with van der Waals surface area (Å²) in [5.74, 6) is 0. The first kappa shape index (κ1) is 13.4. The second kappa shape index (κ2) is 5.72. The number of aliphatic hydroxyl groups is 1. The van der Waals surface area contributed by atoms with E-state index in [1.54, 1.807) is 0 Å². The van der Waals surface area contributed by atoms with Crippen molar-refractivity contribution in [2.45, 2.75) is 38.8 Å². The SMILES string of the molecule is CCCNCc1ccccc1N1CCC(C)(O)C1. The van der Waals surface area contributed by atoms with E-state index in [9.17, 15) is 5.11 Å². The summed E-state index contributed by atoms with van der Waals surface area (Å²) in [5.41, 5.74) is 2.05. The fourth-order valence-electron chi connectivity index (χ4n) is 2.52. The highest BCUT2D eigenvalue weighted by Crippen LogP contribution is 2.28. The van der Waals surface area contributed by atoms with Crippen LogP contribution in [0.15, 0.2) is 24.3 Å². The quantitative estimate of drug-likeness (QED) is 0.784. The van der Waals surface area contributed by atoms with Gasteiger partial charge in [-0.3, -0.25) is 0 Å². The van der Waals surface area contributed by atoms with Crippen LogP contribution >= 0.6 is 0 Å². The molecule has 1 aromatic rings. The maximum Gasteiger partial charge on any atom is 0.0810 e. The molecule has 0 radical (unpaired) electrons. The van der Waals surface area contributed by atoms with Gasteiger partial charge in [0.2, 0.25) is 0 Å². The molecule has 0 spiro atoms. The standard InChI is InChI=1S/C15H24N2O/c1-3-9-16-11-13-6-4-5-7-14(13)17-10-8-15(2,18)12-17/h4-7,16,18H,3,8-12H2,1-2H3. The van der Waals surface area contributed by atoms with Crippen LogP contribution in [0.1, 0.15) is 32.3 Å². The van der Waals surface area contributed by atoms with Gasteiger partial charge in [0, 0.05) is 25.3 Å². The molecule has 3 nitrogen and oxygen atoms in total. The van der Waals surface area contributed by atoms with Gasteiger partial charge < -0.3 is 15.3 Å². The van der Waals surface area contributed by atoms with Gasteiger partial charge in [-0.2, -0.15) is 0 Å². The average molecular weight is 248 g/mol. The molecule has 18 heavy (non-hydrogen) atoms.